The minimum absolute atomic E-state index is 0.0222. The van der Waals surface area contributed by atoms with Crippen LogP contribution in [0, 0.1) is 13.8 Å². The first-order valence-corrected chi connectivity index (χ1v) is 8.85. The molecule has 2 aromatic rings. The number of nitrogens with one attached hydrogen (secondary N) is 1. The highest BCUT2D eigenvalue weighted by atomic mass is 35.5. The molecular weight excluding hydrogens is 362 g/mol. The smallest absolute Gasteiger partial charge is 0.306 e. The highest BCUT2D eigenvalue weighted by Crippen LogP contribution is 2.23. The molecule has 25 heavy (non-hydrogen) atoms. The molecule has 0 saturated heterocycles. The van der Waals surface area contributed by atoms with Crippen molar-refractivity contribution in [2.75, 3.05) is 11.9 Å². The van der Waals surface area contributed by atoms with Crippen LogP contribution in [-0.4, -0.2) is 24.3 Å². The maximum Gasteiger partial charge on any atom is 0.306 e. The Morgan fingerprint density at radius 2 is 1.76 bits per heavy atom. The molecule has 2 rings (SSSR count). The summed E-state index contributed by atoms with van der Waals surface area (Å²) in [4.78, 5) is 35.9. The Bertz CT molecular complexity index is 780. The monoisotopic (exact) mass is 379 g/mol. The van der Waals surface area contributed by atoms with Crippen molar-refractivity contribution in [2.24, 2.45) is 0 Å². The Morgan fingerprint density at radius 1 is 1.08 bits per heavy atom. The Hall–Kier alpha value is -2.18. The van der Waals surface area contributed by atoms with Gasteiger partial charge in [0.15, 0.2) is 12.4 Å². The molecule has 1 N–H and O–H groups in total. The molecule has 1 heterocycles. The van der Waals surface area contributed by atoms with Crippen LogP contribution in [0.1, 0.15) is 33.6 Å². The van der Waals surface area contributed by atoms with Crippen molar-refractivity contribution in [3.05, 3.63) is 50.7 Å². The van der Waals surface area contributed by atoms with Gasteiger partial charge in [-0.1, -0.05) is 17.7 Å². The quantitative estimate of drug-likeness (QED) is 0.579. The van der Waals surface area contributed by atoms with Gasteiger partial charge in [0.2, 0.25) is 0 Å². The number of halogens is 1. The topological polar surface area (TPSA) is 72.5 Å². The summed E-state index contributed by atoms with van der Waals surface area (Å²) in [6.07, 6.45) is -0.0560. The van der Waals surface area contributed by atoms with Gasteiger partial charge in [-0.3, -0.25) is 14.4 Å². The molecule has 0 fully saturated rings. The lowest BCUT2D eigenvalue weighted by molar-refractivity contribution is -0.147. The summed E-state index contributed by atoms with van der Waals surface area (Å²) in [5.41, 5.74) is 2.71. The SMILES string of the molecule is Cc1cc(C)cc(NC(=O)COC(=O)CCC(=O)c2ccc(Cl)s2)c1. The van der Waals surface area contributed by atoms with Gasteiger partial charge in [-0.05, 0) is 49.2 Å². The van der Waals surface area contributed by atoms with Gasteiger partial charge >= 0.3 is 5.97 Å². The van der Waals surface area contributed by atoms with Gasteiger partial charge in [0, 0.05) is 12.1 Å². The number of ketones is 1. The number of carbonyl (C=O) groups is 3. The number of aryl methyl sites for hydroxylation is 2. The molecule has 0 aliphatic carbocycles. The number of esters is 1. The van der Waals surface area contributed by atoms with E-state index in [1.807, 2.05) is 32.0 Å². The minimum atomic E-state index is -0.591. The van der Waals surface area contributed by atoms with Gasteiger partial charge in [0.05, 0.1) is 15.6 Å². The molecule has 1 amide bonds. The number of rotatable bonds is 7. The second-order valence-electron chi connectivity index (χ2n) is 5.61. The van der Waals surface area contributed by atoms with Gasteiger partial charge in [-0.2, -0.15) is 0 Å². The van der Waals surface area contributed by atoms with E-state index in [4.69, 9.17) is 16.3 Å². The Kier molecular flexibility index (Phi) is 6.73. The van der Waals surface area contributed by atoms with Crippen LogP contribution in [0.3, 0.4) is 0 Å². The number of carbonyl (C=O) groups excluding carboxylic acids is 3. The lowest BCUT2D eigenvalue weighted by Crippen LogP contribution is -2.21. The van der Waals surface area contributed by atoms with E-state index in [1.54, 1.807) is 12.1 Å². The van der Waals surface area contributed by atoms with E-state index in [-0.39, 0.29) is 25.2 Å². The zero-order valence-corrected chi connectivity index (χ0v) is 15.5. The summed E-state index contributed by atoms with van der Waals surface area (Å²) in [6.45, 7) is 3.48. The number of hydrogen-bond acceptors (Lipinski definition) is 5. The van der Waals surface area contributed by atoms with Crippen molar-refractivity contribution in [3.63, 3.8) is 0 Å². The van der Waals surface area contributed by atoms with Crippen molar-refractivity contribution >= 4 is 46.3 Å². The third-order valence-corrected chi connectivity index (χ3v) is 4.55. The number of ether oxygens (including phenoxy) is 1. The van der Waals surface area contributed by atoms with Crippen molar-refractivity contribution < 1.29 is 19.1 Å². The summed E-state index contributed by atoms with van der Waals surface area (Å²) in [7, 11) is 0. The molecule has 0 bridgehead atoms. The molecule has 132 valence electrons. The standard InChI is InChI=1S/C18H18ClNO4S/c1-11-7-12(2)9-13(8-11)20-17(22)10-24-18(23)6-3-14(21)15-4-5-16(19)25-15/h4-5,7-9H,3,6,10H2,1-2H3,(H,20,22). The first kappa shape index (κ1) is 19.1. The molecule has 0 aliphatic heterocycles. The molecule has 5 nitrogen and oxygen atoms in total. The summed E-state index contributed by atoms with van der Waals surface area (Å²) in [6, 6.07) is 8.91. The first-order valence-electron chi connectivity index (χ1n) is 7.66. The molecule has 7 heteroatoms. The lowest BCUT2D eigenvalue weighted by Gasteiger charge is -2.08. The maximum absolute atomic E-state index is 11.9. The van der Waals surface area contributed by atoms with Gasteiger partial charge in [0.1, 0.15) is 0 Å². The number of benzene rings is 1. The second-order valence-corrected chi connectivity index (χ2v) is 7.33. The highest BCUT2D eigenvalue weighted by molar-refractivity contribution is 7.18. The van der Waals surface area contributed by atoms with Crippen LogP contribution in [0.4, 0.5) is 5.69 Å². The molecule has 0 aliphatic rings. The Balaban J connectivity index is 1.73. The van der Waals surface area contributed by atoms with E-state index >= 15 is 0 Å². The molecule has 0 saturated carbocycles. The van der Waals surface area contributed by atoms with E-state index in [2.05, 4.69) is 5.32 Å². The summed E-state index contributed by atoms with van der Waals surface area (Å²) in [5.74, 6) is -1.19. The summed E-state index contributed by atoms with van der Waals surface area (Å²) >= 11 is 6.94. The van der Waals surface area contributed by atoms with E-state index in [0.717, 1.165) is 11.1 Å². The van der Waals surface area contributed by atoms with Crippen molar-refractivity contribution in [1.29, 1.82) is 0 Å². The first-order chi connectivity index (χ1) is 11.8. The Labute approximate surface area is 154 Å². The van der Waals surface area contributed by atoms with E-state index in [0.29, 0.717) is 14.9 Å². The molecule has 0 unspecified atom stereocenters. The largest absolute Gasteiger partial charge is 0.456 e. The summed E-state index contributed by atoms with van der Waals surface area (Å²) in [5, 5.41) is 2.68. The van der Waals surface area contributed by atoms with Crippen LogP contribution in [0.2, 0.25) is 4.34 Å². The molecule has 1 aromatic heterocycles. The van der Waals surface area contributed by atoms with E-state index < -0.39 is 11.9 Å². The molecular formula is C18H18ClNO4S. The second kappa shape index (κ2) is 8.78. The average Bonchev–Trinajstić information content (AvgIpc) is 2.96. The molecule has 0 atom stereocenters. The summed E-state index contributed by atoms with van der Waals surface area (Å²) < 4.78 is 5.42. The van der Waals surface area contributed by atoms with Gasteiger partial charge in [-0.15, -0.1) is 11.3 Å². The van der Waals surface area contributed by atoms with Crippen molar-refractivity contribution in [3.8, 4) is 0 Å². The maximum atomic E-state index is 11.9. The van der Waals surface area contributed by atoms with E-state index in [9.17, 15) is 14.4 Å². The fourth-order valence-corrected chi connectivity index (χ4v) is 3.28. The molecule has 0 radical (unpaired) electrons. The number of Topliss-reactive ketones (excluding diaryl/α,β-unsaturated/α-hetero) is 1. The number of amides is 1. The molecule has 0 spiro atoms. The Morgan fingerprint density at radius 3 is 2.36 bits per heavy atom. The zero-order valence-electron chi connectivity index (χ0n) is 13.9. The van der Waals surface area contributed by atoms with Crippen molar-refractivity contribution in [2.45, 2.75) is 26.7 Å². The lowest BCUT2D eigenvalue weighted by atomic mass is 10.1. The predicted octanol–water partition coefficient (Wildman–Crippen LogP) is 4.16. The van der Waals surface area contributed by atoms with Gasteiger partial charge < -0.3 is 10.1 Å². The van der Waals surface area contributed by atoms with Gasteiger partial charge in [0.25, 0.3) is 5.91 Å². The normalized spacial score (nSPS) is 10.4. The number of anilines is 1. The molecule has 1 aromatic carbocycles. The van der Waals surface area contributed by atoms with Crippen molar-refractivity contribution in [1.82, 2.24) is 0 Å². The van der Waals surface area contributed by atoms with Crippen LogP contribution in [0.25, 0.3) is 0 Å². The van der Waals surface area contributed by atoms with E-state index in [1.165, 1.54) is 11.3 Å². The number of hydrogen-bond donors (Lipinski definition) is 1. The fourth-order valence-electron chi connectivity index (χ4n) is 2.27. The third-order valence-electron chi connectivity index (χ3n) is 3.27. The van der Waals surface area contributed by atoms with Crippen LogP contribution in [0.5, 0.6) is 0 Å². The predicted molar refractivity (Wildman–Crippen MR) is 98.4 cm³/mol. The highest BCUT2D eigenvalue weighted by Gasteiger charge is 2.13. The minimum Gasteiger partial charge on any atom is -0.456 e. The van der Waals surface area contributed by atoms with Crippen LogP contribution < -0.4 is 5.32 Å². The fraction of sp³-hybridized carbons (Fsp3) is 0.278. The van der Waals surface area contributed by atoms with Crippen LogP contribution in [0.15, 0.2) is 30.3 Å². The average molecular weight is 380 g/mol. The number of thiophene rings is 1. The zero-order chi connectivity index (χ0) is 18.4. The van der Waals surface area contributed by atoms with Gasteiger partial charge in [-0.25, -0.2) is 0 Å². The third kappa shape index (κ3) is 6.32. The van der Waals surface area contributed by atoms with Crippen LogP contribution >= 0.6 is 22.9 Å². The van der Waals surface area contributed by atoms with Crippen LogP contribution in [-0.2, 0) is 14.3 Å².